The standard InChI is InChI=1S/C15H23N5O4/c1-2-11-18-12(24-19-11)4-7-16-13(21)20-8-3-5-15(6-9-20)10-17-14(22)23-15/h2-10H2,1H3,(H,16,21)(H,17,22). The van der Waals surface area contributed by atoms with E-state index in [-0.39, 0.29) is 12.1 Å². The first-order valence-electron chi connectivity index (χ1n) is 8.41. The number of hydrogen-bond acceptors (Lipinski definition) is 6. The first kappa shape index (κ1) is 16.5. The fourth-order valence-electron chi connectivity index (χ4n) is 3.08. The first-order valence-corrected chi connectivity index (χ1v) is 8.41. The Morgan fingerprint density at radius 2 is 2.29 bits per heavy atom. The minimum absolute atomic E-state index is 0.112. The van der Waals surface area contributed by atoms with Crippen molar-refractivity contribution in [2.75, 3.05) is 26.2 Å². The van der Waals surface area contributed by atoms with E-state index >= 15 is 0 Å². The summed E-state index contributed by atoms with van der Waals surface area (Å²) in [6.45, 7) is 4.16. The van der Waals surface area contributed by atoms with Crippen molar-refractivity contribution < 1.29 is 18.8 Å². The maximum atomic E-state index is 12.3. The Bertz CT molecular complexity index is 604. The molecule has 0 saturated carbocycles. The van der Waals surface area contributed by atoms with E-state index in [0.29, 0.717) is 50.7 Å². The van der Waals surface area contributed by atoms with Crippen molar-refractivity contribution in [2.45, 2.75) is 44.6 Å². The van der Waals surface area contributed by atoms with Crippen LogP contribution in [0.2, 0.25) is 0 Å². The summed E-state index contributed by atoms with van der Waals surface area (Å²) in [7, 11) is 0. The molecule has 0 bridgehead atoms. The molecule has 1 unspecified atom stereocenters. The quantitative estimate of drug-likeness (QED) is 0.843. The van der Waals surface area contributed by atoms with E-state index in [4.69, 9.17) is 9.26 Å². The molecule has 132 valence electrons. The molecule has 1 atom stereocenters. The average Bonchev–Trinajstić information content (AvgIpc) is 3.11. The highest BCUT2D eigenvalue weighted by atomic mass is 16.6. The van der Waals surface area contributed by atoms with E-state index in [2.05, 4.69) is 20.8 Å². The smallest absolute Gasteiger partial charge is 0.407 e. The van der Waals surface area contributed by atoms with Crippen LogP contribution < -0.4 is 10.6 Å². The molecule has 2 aliphatic rings. The Balaban J connectivity index is 1.44. The van der Waals surface area contributed by atoms with E-state index < -0.39 is 5.60 Å². The molecule has 3 amide bonds. The molecule has 0 aromatic carbocycles. The number of ether oxygens (including phenoxy) is 1. The fraction of sp³-hybridized carbons (Fsp3) is 0.733. The number of alkyl carbamates (subject to hydrolysis) is 1. The van der Waals surface area contributed by atoms with Gasteiger partial charge in [0.15, 0.2) is 5.82 Å². The summed E-state index contributed by atoms with van der Waals surface area (Å²) in [6.07, 6.45) is 3.12. The maximum absolute atomic E-state index is 12.3. The van der Waals surface area contributed by atoms with Gasteiger partial charge < -0.3 is 24.8 Å². The van der Waals surface area contributed by atoms with Gasteiger partial charge in [0.25, 0.3) is 0 Å². The van der Waals surface area contributed by atoms with Crippen LogP contribution in [0.15, 0.2) is 4.52 Å². The maximum Gasteiger partial charge on any atom is 0.407 e. The second-order valence-electron chi connectivity index (χ2n) is 6.21. The number of amides is 3. The van der Waals surface area contributed by atoms with Crippen LogP contribution in [0.3, 0.4) is 0 Å². The molecule has 9 heteroatoms. The van der Waals surface area contributed by atoms with Crippen molar-refractivity contribution in [3.63, 3.8) is 0 Å². The number of aryl methyl sites for hydroxylation is 1. The number of likely N-dealkylation sites (tertiary alicyclic amines) is 1. The third-order valence-corrected chi connectivity index (χ3v) is 4.49. The van der Waals surface area contributed by atoms with E-state index in [1.807, 2.05) is 6.92 Å². The molecule has 3 heterocycles. The third kappa shape index (κ3) is 3.77. The molecule has 0 aliphatic carbocycles. The Hall–Kier alpha value is -2.32. The fourth-order valence-corrected chi connectivity index (χ4v) is 3.08. The molecule has 1 spiro atoms. The van der Waals surface area contributed by atoms with Gasteiger partial charge in [-0.1, -0.05) is 12.1 Å². The Labute approximate surface area is 140 Å². The van der Waals surface area contributed by atoms with Crippen LogP contribution in [-0.4, -0.2) is 58.9 Å². The Kier molecular flexibility index (Phi) is 4.86. The molecule has 9 nitrogen and oxygen atoms in total. The van der Waals surface area contributed by atoms with Crippen molar-refractivity contribution in [3.05, 3.63) is 11.7 Å². The first-order chi connectivity index (χ1) is 11.6. The van der Waals surface area contributed by atoms with Crippen LogP contribution in [0.4, 0.5) is 9.59 Å². The summed E-state index contributed by atoms with van der Waals surface area (Å²) < 4.78 is 10.5. The van der Waals surface area contributed by atoms with Crippen molar-refractivity contribution in [1.82, 2.24) is 25.7 Å². The van der Waals surface area contributed by atoms with Crippen LogP contribution >= 0.6 is 0 Å². The van der Waals surface area contributed by atoms with Gasteiger partial charge in [-0.15, -0.1) is 0 Å². The Morgan fingerprint density at radius 1 is 1.42 bits per heavy atom. The van der Waals surface area contributed by atoms with Gasteiger partial charge in [-0.05, 0) is 12.8 Å². The molecule has 2 fully saturated rings. The molecule has 3 rings (SSSR count). The third-order valence-electron chi connectivity index (χ3n) is 4.49. The number of carbonyl (C=O) groups excluding carboxylic acids is 2. The minimum atomic E-state index is -0.452. The predicted octanol–water partition coefficient (Wildman–Crippen LogP) is 0.849. The summed E-state index contributed by atoms with van der Waals surface area (Å²) >= 11 is 0. The zero-order chi connectivity index (χ0) is 17.0. The summed E-state index contributed by atoms with van der Waals surface area (Å²) in [4.78, 5) is 29.6. The lowest BCUT2D eigenvalue weighted by molar-refractivity contribution is 0.0453. The topological polar surface area (TPSA) is 110 Å². The second-order valence-corrected chi connectivity index (χ2v) is 6.21. The molecular weight excluding hydrogens is 314 g/mol. The van der Waals surface area contributed by atoms with Gasteiger partial charge >= 0.3 is 12.1 Å². The zero-order valence-corrected chi connectivity index (χ0v) is 13.8. The second kappa shape index (κ2) is 7.06. The van der Waals surface area contributed by atoms with E-state index in [9.17, 15) is 9.59 Å². The monoisotopic (exact) mass is 337 g/mol. The van der Waals surface area contributed by atoms with Crippen LogP contribution in [0.5, 0.6) is 0 Å². The number of aromatic nitrogens is 2. The number of hydrogen-bond donors (Lipinski definition) is 2. The summed E-state index contributed by atoms with van der Waals surface area (Å²) in [6, 6.07) is -0.112. The average molecular weight is 337 g/mol. The van der Waals surface area contributed by atoms with Gasteiger partial charge in [0, 0.05) is 38.9 Å². The predicted molar refractivity (Wildman–Crippen MR) is 83.4 cm³/mol. The number of urea groups is 1. The van der Waals surface area contributed by atoms with Crippen LogP contribution in [0.1, 0.15) is 37.9 Å². The number of rotatable bonds is 4. The van der Waals surface area contributed by atoms with E-state index in [1.165, 1.54) is 0 Å². The summed E-state index contributed by atoms with van der Waals surface area (Å²) in [5.74, 6) is 1.21. The van der Waals surface area contributed by atoms with Crippen LogP contribution in [-0.2, 0) is 17.6 Å². The molecule has 1 aromatic heterocycles. The lowest BCUT2D eigenvalue weighted by Gasteiger charge is -2.25. The van der Waals surface area contributed by atoms with Gasteiger partial charge in [-0.2, -0.15) is 4.98 Å². The highest BCUT2D eigenvalue weighted by Gasteiger charge is 2.41. The minimum Gasteiger partial charge on any atom is -0.441 e. The number of carbonyl (C=O) groups is 2. The molecule has 2 aliphatic heterocycles. The Morgan fingerprint density at radius 3 is 3.00 bits per heavy atom. The van der Waals surface area contributed by atoms with E-state index in [0.717, 1.165) is 19.3 Å². The van der Waals surface area contributed by atoms with Crippen LogP contribution in [0, 0.1) is 0 Å². The molecule has 2 N–H and O–H groups in total. The van der Waals surface area contributed by atoms with Crippen molar-refractivity contribution in [2.24, 2.45) is 0 Å². The van der Waals surface area contributed by atoms with E-state index in [1.54, 1.807) is 4.90 Å². The van der Waals surface area contributed by atoms with Gasteiger partial charge in [0.1, 0.15) is 5.60 Å². The van der Waals surface area contributed by atoms with Crippen molar-refractivity contribution in [3.8, 4) is 0 Å². The molecule has 24 heavy (non-hydrogen) atoms. The van der Waals surface area contributed by atoms with Gasteiger partial charge in [0.2, 0.25) is 5.89 Å². The largest absolute Gasteiger partial charge is 0.441 e. The van der Waals surface area contributed by atoms with Crippen LogP contribution in [0.25, 0.3) is 0 Å². The zero-order valence-electron chi connectivity index (χ0n) is 13.8. The lowest BCUT2D eigenvalue weighted by Crippen LogP contribution is -2.42. The molecule has 0 radical (unpaired) electrons. The van der Waals surface area contributed by atoms with Crippen molar-refractivity contribution >= 4 is 12.1 Å². The molecule has 1 aromatic rings. The number of nitrogens with zero attached hydrogens (tertiary/aromatic N) is 3. The van der Waals surface area contributed by atoms with Gasteiger partial charge in [-0.3, -0.25) is 0 Å². The molecular formula is C15H23N5O4. The summed E-state index contributed by atoms with van der Waals surface area (Å²) in [5, 5.41) is 9.41. The highest BCUT2D eigenvalue weighted by Crippen LogP contribution is 2.29. The highest BCUT2D eigenvalue weighted by molar-refractivity contribution is 5.74. The van der Waals surface area contributed by atoms with Crippen molar-refractivity contribution in [1.29, 1.82) is 0 Å². The van der Waals surface area contributed by atoms with Gasteiger partial charge in [0.05, 0.1) is 6.54 Å². The summed E-state index contributed by atoms with van der Waals surface area (Å²) in [5.41, 5.74) is -0.452. The SMILES string of the molecule is CCc1noc(CCNC(=O)N2CCCC3(CC2)CNC(=O)O3)n1. The number of nitrogens with one attached hydrogen (secondary N) is 2. The lowest BCUT2D eigenvalue weighted by atomic mass is 9.95. The normalized spacial score (nSPS) is 23.7. The molecule has 2 saturated heterocycles. The van der Waals surface area contributed by atoms with Gasteiger partial charge in [-0.25, -0.2) is 9.59 Å².